The van der Waals surface area contributed by atoms with Crippen molar-refractivity contribution in [3.05, 3.63) is 45.9 Å². The van der Waals surface area contributed by atoms with Gasteiger partial charge in [-0.1, -0.05) is 12.1 Å². The van der Waals surface area contributed by atoms with Gasteiger partial charge in [0.1, 0.15) is 5.01 Å². The lowest BCUT2D eigenvalue weighted by Gasteiger charge is -2.19. The molecule has 0 aliphatic rings. The van der Waals surface area contributed by atoms with Crippen LogP contribution < -0.4 is 5.32 Å². The van der Waals surface area contributed by atoms with Crippen LogP contribution >= 0.6 is 11.3 Å². The Labute approximate surface area is 136 Å². The number of benzene rings is 1. The van der Waals surface area contributed by atoms with Crippen molar-refractivity contribution in [1.82, 2.24) is 9.88 Å². The lowest BCUT2D eigenvalue weighted by molar-refractivity contribution is -0.184. The van der Waals surface area contributed by atoms with E-state index in [0.29, 0.717) is 17.0 Å². The molecule has 0 bridgehead atoms. The molecule has 2 rings (SSSR count). The van der Waals surface area contributed by atoms with Crippen molar-refractivity contribution in [2.45, 2.75) is 26.2 Å². The fourth-order valence-electron chi connectivity index (χ4n) is 2.00. The van der Waals surface area contributed by atoms with E-state index in [0.717, 1.165) is 23.4 Å². The van der Waals surface area contributed by atoms with Gasteiger partial charge in [-0.2, -0.15) is 13.2 Å². The lowest BCUT2D eigenvalue weighted by atomic mass is 10.2. The summed E-state index contributed by atoms with van der Waals surface area (Å²) in [5, 5.41) is 6.05. The third-order valence-corrected chi connectivity index (χ3v) is 4.01. The number of thiazole rings is 1. The standard InChI is InChI=1S/C15H16F3N3OS/c1-10-9-23-13(20-10)7-19-12-5-3-4-11(6-12)8-21(2)14(22)15(16,17)18/h3-6,9,19H,7-8H2,1-2H3. The first-order valence-corrected chi connectivity index (χ1v) is 7.70. The first-order chi connectivity index (χ1) is 10.8. The number of rotatable bonds is 5. The summed E-state index contributed by atoms with van der Waals surface area (Å²) in [4.78, 5) is 16.1. The molecule has 0 aliphatic carbocycles. The number of aryl methyl sites for hydroxylation is 1. The highest BCUT2D eigenvalue weighted by atomic mass is 32.1. The second-order valence-electron chi connectivity index (χ2n) is 5.10. The summed E-state index contributed by atoms with van der Waals surface area (Å²) < 4.78 is 37.1. The van der Waals surface area contributed by atoms with Gasteiger partial charge in [0.25, 0.3) is 0 Å². The SMILES string of the molecule is Cc1csc(CNc2cccc(CN(C)C(=O)C(F)(F)F)c2)n1. The summed E-state index contributed by atoms with van der Waals surface area (Å²) in [7, 11) is 1.13. The minimum absolute atomic E-state index is 0.107. The molecule has 0 saturated heterocycles. The third-order valence-electron chi connectivity index (χ3n) is 3.05. The predicted octanol–water partition coefficient (Wildman–Crippen LogP) is 3.58. The van der Waals surface area contributed by atoms with Crippen molar-refractivity contribution in [3.8, 4) is 0 Å². The maximum absolute atomic E-state index is 12.4. The van der Waals surface area contributed by atoms with Crippen LogP contribution in [0.1, 0.15) is 16.3 Å². The van der Waals surface area contributed by atoms with E-state index in [2.05, 4.69) is 10.3 Å². The smallest absolute Gasteiger partial charge is 0.379 e. The predicted molar refractivity (Wildman–Crippen MR) is 83.1 cm³/mol. The van der Waals surface area contributed by atoms with Crippen LogP contribution in [0.15, 0.2) is 29.6 Å². The number of carbonyl (C=O) groups excluding carboxylic acids is 1. The first-order valence-electron chi connectivity index (χ1n) is 6.82. The average Bonchev–Trinajstić information content (AvgIpc) is 2.89. The van der Waals surface area contributed by atoms with Crippen molar-refractivity contribution >= 4 is 22.9 Å². The molecule has 23 heavy (non-hydrogen) atoms. The summed E-state index contributed by atoms with van der Waals surface area (Å²) in [6.45, 7) is 2.34. The van der Waals surface area contributed by atoms with Gasteiger partial charge >= 0.3 is 12.1 Å². The highest BCUT2D eigenvalue weighted by Crippen LogP contribution is 2.20. The number of aromatic nitrogens is 1. The summed E-state index contributed by atoms with van der Waals surface area (Å²) in [5.41, 5.74) is 2.33. The molecule has 1 N–H and O–H groups in total. The molecule has 0 unspecified atom stereocenters. The number of anilines is 1. The number of alkyl halides is 3. The molecule has 8 heteroatoms. The topological polar surface area (TPSA) is 45.2 Å². The van der Waals surface area contributed by atoms with Crippen molar-refractivity contribution in [3.63, 3.8) is 0 Å². The number of amides is 1. The molecule has 124 valence electrons. The maximum atomic E-state index is 12.4. The van der Waals surface area contributed by atoms with Crippen LogP contribution in [0.4, 0.5) is 18.9 Å². The minimum atomic E-state index is -4.85. The molecule has 0 saturated carbocycles. The minimum Gasteiger partial charge on any atom is -0.379 e. The highest BCUT2D eigenvalue weighted by Gasteiger charge is 2.41. The number of hydrogen-bond acceptors (Lipinski definition) is 4. The van der Waals surface area contributed by atoms with E-state index in [4.69, 9.17) is 0 Å². The molecule has 4 nitrogen and oxygen atoms in total. The summed E-state index contributed by atoms with van der Waals surface area (Å²) in [6, 6.07) is 6.95. The number of nitrogens with one attached hydrogen (secondary N) is 1. The van der Waals surface area contributed by atoms with Gasteiger partial charge in [0, 0.05) is 30.4 Å². The molecule has 0 fully saturated rings. The van der Waals surface area contributed by atoms with Crippen LogP contribution in [0.25, 0.3) is 0 Å². The Hall–Kier alpha value is -2.09. The summed E-state index contributed by atoms with van der Waals surface area (Å²) >= 11 is 1.54. The molecule has 1 aromatic heterocycles. The fraction of sp³-hybridized carbons (Fsp3) is 0.333. The van der Waals surface area contributed by atoms with Crippen molar-refractivity contribution in [1.29, 1.82) is 0 Å². The third kappa shape index (κ3) is 4.95. The largest absolute Gasteiger partial charge is 0.471 e. The van der Waals surface area contributed by atoms with Crippen LogP contribution in [0.3, 0.4) is 0 Å². The molecule has 0 spiro atoms. The van der Waals surface area contributed by atoms with Crippen molar-refractivity contribution < 1.29 is 18.0 Å². The van der Waals surface area contributed by atoms with E-state index in [1.807, 2.05) is 18.4 Å². The number of halogens is 3. The van der Waals surface area contributed by atoms with Crippen LogP contribution in [0.5, 0.6) is 0 Å². The quantitative estimate of drug-likeness (QED) is 0.902. The molecule has 1 aromatic carbocycles. The van der Waals surface area contributed by atoms with Crippen LogP contribution in [0, 0.1) is 6.92 Å². The van der Waals surface area contributed by atoms with E-state index in [1.165, 1.54) is 11.3 Å². The normalized spacial score (nSPS) is 11.3. The number of nitrogens with zero attached hydrogens (tertiary/aromatic N) is 2. The van der Waals surface area contributed by atoms with Gasteiger partial charge < -0.3 is 10.2 Å². The van der Waals surface area contributed by atoms with Gasteiger partial charge in [-0.25, -0.2) is 4.98 Å². The summed E-state index contributed by atoms with van der Waals surface area (Å²) in [5.74, 6) is -1.85. The maximum Gasteiger partial charge on any atom is 0.471 e. The number of carbonyl (C=O) groups is 1. The molecule has 0 aliphatic heterocycles. The molecule has 0 atom stereocenters. The number of hydrogen-bond donors (Lipinski definition) is 1. The second-order valence-corrected chi connectivity index (χ2v) is 6.04. The molecule has 1 heterocycles. The van der Waals surface area contributed by atoms with E-state index < -0.39 is 12.1 Å². The Balaban J connectivity index is 1.98. The lowest BCUT2D eigenvalue weighted by Crippen LogP contribution is -2.37. The van der Waals surface area contributed by atoms with E-state index in [1.54, 1.807) is 18.2 Å². The fourth-order valence-corrected chi connectivity index (χ4v) is 2.71. The molecule has 2 aromatic rings. The van der Waals surface area contributed by atoms with Crippen LogP contribution in [-0.2, 0) is 17.9 Å². The molecular formula is C15H16F3N3OS. The Morgan fingerprint density at radius 3 is 2.74 bits per heavy atom. The molecular weight excluding hydrogens is 327 g/mol. The first kappa shape index (κ1) is 17.3. The highest BCUT2D eigenvalue weighted by molar-refractivity contribution is 7.09. The second kappa shape index (κ2) is 6.99. The zero-order valence-corrected chi connectivity index (χ0v) is 13.5. The van der Waals surface area contributed by atoms with Crippen molar-refractivity contribution in [2.75, 3.05) is 12.4 Å². The zero-order chi connectivity index (χ0) is 17.0. The Morgan fingerprint density at radius 2 is 2.13 bits per heavy atom. The van der Waals surface area contributed by atoms with Crippen LogP contribution in [0.2, 0.25) is 0 Å². The molecule has 0 radical (unpaired) electrons. The zero-order valence-electron chi connectivity index (χ0n) is 12.6. The monoisotopic (exact) mass is 343 g/mol. The van der Waals surface area contributed by atoms with Gasteiger partial charge in [-0.05, 0) is 24.6 Å². The van der Waals surface area contributed by atoms with Gasteiger partial charge in [0.05, 0.1) is 6.54 Å². The Bertz CT molecular complexity index is 685. The Kier molecular flexibility index (Phi) is 5.25. The van der Waals surface area contributed by atoms with E-state index in [9.17, 15) is 18.0 Å². The van der Waals surface area contributed by atoms with Gasteiger partial charge in [-0.15, -0.1) is 11.3 Å². The van der Waals surface area contributed by atoms with Crippen molar-refractivity contribution in [2.24, 2.45) is 0 Å². The van der Waals surface area contributed by atoms with E-state index >= 15 is 0 Å². The van der Waals surface area contributed by atoms with Gasteiger partial charge in [0.15, 0.2) is 0 Å². The van der Waals surface area contributed by atoms with Crippen LogP contribution in [-0.4, -0.2) is 29.0 Å². The summed E-state index contributed by atoms with van der Waals surface area (Å²) in [6.07, 6.45) is -4.85. The average molecular weight is 343 g/mol. The molecule has 1 amide bonds. The van der Waals surface area contributed by atoms with Gasteiger partial charge in [0.2, 0.25) is 0 Å². The van der Waals surface area contributed by atoms with E-state index in [-0.39, 0.29) is 6.54 Å². The Morgan fingerprint density at radius 1 is 1.39 bits per heavy atom. The van der Waals surface area contributed by atoms with Gasteiger partial charge in [-0.3, -0.25) is 4.79 Å².